The summed E-state index contributed by atoms with van der Waals surface area (Å²) < 4.78 is 28.2. The molecule has 2 nitrogen and oxygen atoms in total. The van der Waals surface area contributed by atoms with Crippen molar-refractivity contribution in [3.8, 4) is 0 Å². The summed E-state index contributed by atoms with van der Waals surface area (Å²) >= 11 is 0. The zero-order chi connectivity index (χ0) is 16.6. The third-order valence-electron chi connectivity index (χ3n) is 4.71. The van der Waals surface area contributed by atoms with Crippen LogP contribution in [0.3, 0.4) is 0 Å². The van der Waals surface area contributed by atoms with E-state index in [0.717, 1.165) is 45.4 Å². The molecule has 0 spiro atoms. The maximum absolute atomic E-state index is 13.5. The Morgan fingerprint density at radius 3 is 2.18 bits per heavy atom. The lowest BCUT2D eigenvalue weighted by molar-refractivity contribution is -0.342. The second-order valence-corrected chi connectivity index (χ2v) is 5.84. The van der Waals surface area contributed by atoms with Crippen molar-refractivity contribution in [3.05, 3.63) is 39.4 Å². The summed E-state index contributed by atoms with van der Waals surface area (Å²) in [6, 6.07) is 0. The van der Waals surface area contributed by atoms with Gasteiger partial charge < -0.3 is 4.98 Å². The van der Waals surface area contributed by atoms with Crippen LogP contribution in [0.1, 0.15) is 56.6 Å². The normalized spacial score (nSPS) is 17.2. The fourth-order valence-corrected chi connectivity index (χ4v) is 3.51. The minimum atomic E-state index is -2.52. The molecule has 0 aromatic carbocycles. The first-order valence-electron chi connectivity index (χ1n) is 7.84. The molecule has 5 heteroatoms. The number of allylic oxidation sites excluding steroid dienone is 2. The minimum absolute atomic E-state index is 0.608. The van der Waals surface area contributed by atoms with Crippen molar-refractivity contribution in [1.82, 2.24) is 4.98 Å². The topological polar surface area (TPSA) is 18.8 Å². The van der Waals surface area contributed by atoms with Gasteiger partial charge in [0.15, 0.2) is 11.4 Å². The first-order chi connectivity index (χ1) is 10.3. The van der Waals surface area contributed by atoms with Crippen LogP contribution in [0.25, 0.3) is 6.08 Å². The van der Waals surface area contributed by atoms with Crippen LogP contribution < -0.4 is 0 Å². The van der Waals surface area contributed by atoms with Gasteiger partial charge in [-0.15, -0.1) is 0 Å². The molecule has 0 saturated heterocycles. The van der Waals surface area contributed by atoms with E-state index in [9.17, 15) is 8.63 Å². The molecule has 1 aromatic heterocycles. The van der Waals surface area contributed by atoms with Crippen molar-refractivity contribution in [3.63, 3.8) is 0 Å². The van der Waals surface area contributed by atoms with Crippen LogP contribution in [0.5, 0.6) is 0 Å². The first-order valence-corrected chi connectivity index (χ1v) is 7.84. The molecule has 0 aliphatic carbocycles. The summed E-state index contributed by atoms with van der Waals surface area (Å²) in [5, 5.41) is 0. The van der Waals surface area contributed by atoms with Gasteiger partial charge in [-0.2, -0.15) is 0 Å². The van der Waals surface area contributed by atoms with Crippen molar-refractivity contribution in [2.45, 2.75) is 54.4 Å². The second kappa shape index (κ2) is 6.23. The third-order valence-corrected chi connectivity index (χ3v) is 4.71. The Morgan fingerprint density at radius 1 is 1.09 bits per heavy atom. The van der Waals surface area contributed by atoms with E-state index < -0.39 is 7.40 Å². The Hall–Kier alpha value is -1.65. The molecule has 1 aromatic rings. The van der Waals surface area contributed by atoms with Crippen LogP contribution in [0.4, 0.5) is 8.63 Å². The lowest BCUT2D eigenvalue weighted by atomic mass is 10.0. The summed E-state index contributed by atoms with van der Waals surface area (Å²) in [5.41, 5.74) is 7.71. The number of hydrogen-bond acceptors (Lipinski definition) is 0. The number of rotatable bonds is 4. The van der Waals surface area contributed by atoms with Gasteiger partial charge in [0, 0.05) is 35.5 Å². The molecular formula is C17H24BF2N2+. The van der Waals surface area contributed by atoms with Crippen molar-refractivity contribution in [2.24, 2.45) is 0 Å². The van der Waals surface area contributed by atoms with Crippen LogP contribution in [0.2, 0.25) is 0 Å². The van der Waals surface area contributed by atoms with E-state index in [1.165, 1.54) is 5.56 Å². The maximum atomic E-state index is 13.5. The van der Waals surface area contributed by atoms with E-state index in [1.807, 2.05) is 33.8 Å². The smallest absolute Gasteiger partial charge is 0.358 e. The fourth-order valence-electron chi connectivity index (χ4n) is 3.51. The molecule has 0 amide bonds. The summed E-state index contributed by atoms with van der Waals surface area (Å²) in [5.74, 6) is 0. The van der Waals surface area contributed by atoms with Crippen LogP contribution in [0, 0.1) is 13.8 Å². The van der Waals surface area contributed by atoms with Crippen LogP contribution in [-0.4, -0.2) is 22.6 Å². The van der Waals surface area contributed by atoms with Gasteiger partial charge in [-0.1, -0.05) is 13.8 Å². The Kier molecular flexibility index (Phi) is 4.73. The molecule has 0 unspecified atom stereocenters. The summed E-state index contributed by atoms with van der Waals surface area (Å²) in [4.78, 5) is 3.34. The van der Waals surface area contributed by atoms with Gasteiger partial charge in [0.25, 0.3) is 0 Å². The van der Waals surface area contributed by atoms with E-state index in [-0.39, 0.29) is 0 Å². The molecule has 0 bridgehead atoms. The quantitative estimate of drug-likeness (QED) is 0.779. The number of halogens is 2. The number of hydrogen-bond donors (Lipinski definition) is 1. The molecule has 0 fully saturated rings. The number of nitrogens with one attached hydrogen (secondary N) is 1. The Morgan fingerprint density at radius 2 is 1.73 bits per heavy atom. The molecule has 118 valence electrons. The highest BCUT2D eigenvalue weighted by atomic mass is 19.2. The van der Waals surface area contributed by atoms with Crippen molar-refractivity contribution in [2.75, 3.05) is 0 Å². The second-order valence-electron chi connectivity index (χ2n) is 5.84. The molecule has 0 saturated carbocycles. The molecule has 22 heavy (non-hydrogen) atoms. The van der Waals surface area contributed by atoms with Gasteiger partial charge in [0.1, 0.15) is 0 Å². The van der Waals surface area contributed by atoms with Crippen LogP contribution >= 0.6 is 0 Å². The van der Waals surface area contributed by atoms with Gasteiger partial charge in [-0.3, -0.25) is 0 Å². The lowest BCUT2D eigenvalue weighted by Crippen LogP contribution is -2.24. The number of aromatic nitrogens is 1. The molecule has 0 atom stereocenters. The molecule has 0 radical (unpaired) electrons. The molecule has 1 N–H and O–H groups in total. The van der Waals surface area contributed by atoms with Crippen molar-refractivity contribution >= 4 is 19.2 Å². The highest BCUT2D eigenvalue weighted by Crippen LogP contribution is 2.31. The minimum Gasteiger partial charge on any atom is -0.358 e. The van der Waals surface area contributed by atoms with Crippen LogP contribution in [-0.2, 0) is 6.42 Å². The zero-order valence-corrected chi connectivity index (χ0v) is 14.3. The van der Waals surface area contributed by atoms with Gasteiger partial charge in [0.05, 0.1) is 0 Å². The molecule has 1 aliphatic rings. The number of aryl methyl sites for hydroxylation is 1. The Balaban J connectivity index is 2.62. The SMILES string of the molecule is CCC1=C(C)C(=Cc2[nH]c(C)c(CC)c2C)[N+](B(F)F)=C1C. The molecular weight excluding hydrogens is 281 g/mol. The number of aromatic amines is 1. The largest absolute Gasteiger partial charge is 0.934 e. The standard InChI is InChI=1S/C17H23BF2N2/c1-7-14-10(3)16(21-12(14)5)9-17-11(4)15(8-2)13(6)22(17)18(19)20/h9H,7-8H2,1-6H3/p+1. The van der Waals surface area contributed by atoms with Crippen LogP contribution in [0.15, 0.2) is 16.8 Å². The van der Waals surface area contributed by atoms with Crippen molar-refractivity contribution < 1.29 is 13.1 Å². The first kappa shape index (κ1) is 16.7. The third kappa shape index (κ3) is 2.57. The monoisotopic (exact) mass is 305 g/mol. The molecule has 1 aliphatic heterocycles. The average molecular weight is 305 g/mol. The number of H-pyrrole nitrogens is 1. The predicted octanol–water partition coefficient (Wildman–Crippen LogP) is 4.67. The van der Waals surface area contributed by atoms with E-state index in [2.05, 4.69) is 11.9 Å². The van der Waals surface area contributed by atoms with Gasteiger partial charge in [-0.05, 0) is 44.7 Å². The fraction of sp³-hybridized carbons (Fsp3) is 0.471. The molecule has 2 heterocycles. The number of nitrogens with zero attached hydrogens (tertiary/aromatic N) is 1. The van der Waals surface area contributed by atoms with E-state index in [4.69, 9.17) is 0 Å². The summed E-state index contributed by atoms with van der Waals surface area (Å²) in [6.45, 7) is 11.9. The highest BCUT2D eigenvalue weighted by Gasteiger charge is 2.44. The Labute approximate surface area is 131 Å². The van der Waals surface area contributed by atoms with Crippen molar-refractivity contribution in [1.29, 1.82) is 0 Å². The highest BCUT2D eigenvalue weighted by molar-refractivity contribution is 6.35. The average Bonchev–Trinajstić information content (AvgIpc) is 2.85. The van der Waals surface area contributed by atoms with E-state index in [0.29, 0.717) is 11.4 Å². The molecule has 2 rings (SSSR count). The van der Waals surface area contributed by atoms with Gasteiger partial charge >= 0.3 is 7.40 Å². The maximum Gasteiger partial charge on any atom is 0.934 e. The lowest BCUT2D eigenvalue weighted by Gasteiger charge is -2.01. The van der Waals surface area contributed by atoms with Gasteiger partial charge in [-0.25, -0.2) is 13.1 Å². The van der Waals surface area contributed by atoms with E-state index in [1.54, 1.807) is 6.92 Å². The Bertz CT molecular complexity index is 694. The van der Waals surface area contributed by atoms with E-state index >= 15 is 0 Å². The summed E-state index contributed by atoms with van der Waals surface area (Å²) in [6.07, 6.45) is 3.58. The predicted molar refractivity (Wildman–Crippen MR) is 89.5 cm³/mol. The zero-order valence-electron chi connectivity index (χ0n) is 14.3. The van der Waals surface area contributed by atoms with Gasteiger partial charge in [0.2, 0.25) is 0 Å². The summed E-state index contributed by atoms with van der Waals surface area (Å²) in [7, 11) is -2.52.